The summed E-state index contributed by atoms with van der Waals surface area (Å²) in [4.78, 5) is 6.73. The summed E-state index contributed by atoms with van der Waals surface area (Å²) in [5.41, 5.74) is 2.04. The minimum Gasteiger partial charge on any atom is -0.375 e. The zero-order valence-electron chi connectivity index (χ0n) is 10.1. The topological polar surface area (TPSA) is 24.9 Å². The molecule has 0 saturated carbocycles. The Kier molecular flexibility index (Phi) is 3.69. The maximum Gasteiger partial charge on any atom is 0.152 e. The molecule has 0 spiro atoms. The van der Waals surface area contributed by atoms with Crippen molar-refractivity contribution in [3.8, 4) is 0 Å². The molecule has 2 aromatic rings. The Hall–Kier alpha value is -1.06. The molecule has 90 valence electrons. The molecule has 0 bridgehead atoms. The zero-order chi connectivity index (χ0) is 12.4. The average molecular weight is 267 g/mol. The molecular formula is C13H15ClN2S. The lowest BCUT2D eigenvalue weighted by atomic mass is 10.2. The van der Waals surface area contributed by atoms with E-state index < -0.39 is 0 Å². The van der Waals surface area contributed by atoms with Gasteiger partial charge in [0, 0.05) is 16.0 Å². The number of anilines is 1. The van der Waals surface area contributed by atoms with Gasteiger partial charge in [0.1, 0.15) is 0 Å². The molecule has 1 N–H and O–H groups in total. The number of aryl methyl sites for hydroxylation is 2. The van der Waals surface area contributed by atoms with Crippen molar-refractivity contribution in [2.75, 3.05) is 5.32 Å². The van der Waals surface area contributed by atoms with E-state index in [1.807, 2.05) is 13.0 Å². The van der Waals surface area contributed by atoms with Gasteiger partial charge in [-0.25, -0.2) is 4.98 Å². The van der Waals surface area contributed by atoms with Crippen molar-refractivity contribution in [2.24, 2.45) is 0 Å². The van der Waals surface area contributed by atoms with Crippen LogP contribution < -0.4 is 5.32 Å². The summed E-state index contributed by atoms with van der Waals surface area (Å²) in [6.07, 6.45) is 1.73. The van der Waals surface area contributed by atoms with Gasteiger partial charge in [0.15, 0.2) is 5.15 Å². The van der Waals surface area contributed by atoms with E-state index in [1.165, 1.54) is 9.75 Å². The fraction of sp³-hybridized carbons (Fsp3) is 0.308. The number of nitrogens with one attached hydrogen (secondary N) is 1. The maximum atomic E-state index is 6.10. The molecule has 0 fully saturated rings. The highest BCUT2D eigenvalue weighted by molar-refractivity contribution is 7.12. The quantitative estimate of drug-likeness (QED) is 0.822. The van der Waals surface area contributed by atoms with Crippen LogP contribution in [0.4, 0.5) is 5.69 Å². The Bertz CT molecular complexity index is 502. The minimum atomic E-state index is 0.245. The second-order valence-electron chi connectivity index (χ2n) is 4.11. The summed E-state index contributed by atoms with van der Waals surface area (Å²) in [6, 6.07) is 6.49. The molecule has 4 heteroatoms. The Labute approximate surface area is 111 Å². The van der Waals surface area contributed by atoms with E-state index >= 15 is 0 Å². The number of nitrogens with zero attached hydrogens (tertiary/aromatic N) is 1. The first kappa shape index (κ1) is 12.4. The molecule has 0 aliphatic rings. The lowest BCUT2D eigenvalue weighted by Crippen LogP contribution is -2.07. The van der Waals surface area contributed by atoms with Gasteiger partial charge < -0.3 is 5.32 Å². The third-order valence-electron chi connectivity index (χ3n) is 2.66. The number of pyridine rings is 1. The van der Waals surface area contributed by atoms with Gasteiger partial charge in [-0.3, -0.25) is 0 Å². The number of aromatic nitrogens is 1. The molecule has 2 nitrogen and oxygen atoms in total. The van der Waals surface area contributed by atoms with E-state index in [0.29, 0.717) is 5.15 Å². The van der Waals surface area contributed by atoms with E-state index in [-0.39, 0.29) is 6.04 Å². The maximum absolute atomic E-state index is 6.10. The summed E-state index contributed by atoms with van der Waals surface area (Å²) in [5, 5.41) is 3.96. The third-order valence-corrected chi connectivity index (χ3v) is 4.13. The normalized spacial score (nSPS) is 12.5. The fourth-order valence-corrected chi connectivity index (χ4v) is 2.81. The molecule has 0 radical (unpaired) electrons. The number of thiophene rings is 1. The van der Waals surface area contributed by atoms with Gasteiger partial charge in [-0.2, -0.15) is 0 Å². The molecule has 1 atom stereocenters. The van der Waals surface area contributed by atoms with Crippen LogP contribution in [-0.2, 0) is 0 Å². The number of hydrogen-bond acceptors (Lipinski definition) is 3. The SMILES string of the molecule is Cc1ccc(C(C)Nc2c(C)ccnc2Cl)s1. The average Bonchev–Trinajstić information content (AvgIpc) is 2.70. The first-order valence-corrected chi connectivity index (χ1v) is 6.71. The predicted octanol–water partition coefficient (Wildman–Crippen LogP) is 4.59. The molecule has 2 aromatic heterocycles. The summed E-state index contributed by atoms with van der Waals surface area (Å²) >= 11 is 7.90. The number of hydrogen-bond donors (Lipinski definition) is 1. The summed E-state index contributed by atoms with van der Waals surface area (Å²) in [5.74, 6) is 0. The number of halogens is 1. The summed E-state index contributed by atoms with van der Waals surface area (Å²) in [7, 11) is 0. The molecule has 2 heterocycles. The van der Waals surface area contributed by atoms with Crippen molar-refractivity contribution in [1.29, 1.82) is 0 Å². The van der Waals surface area contributed by atoms with Crippen molar-refractivity contribution in [2.45, 2.75) is 26.8 Å². The third kappa shape index (κ3) is 2.79. The van der Waals surface area contributed by atoms with Crippen LogP contribution in [0.5, 0.6) is 0 Å². The Balaban J connectivity index is 2.21. The van der Waals surface area contributed by atoms with Gasteiger partial charge in [-0.05, 0) is 44.5 Å². The molecule has 0 aromatic carbocycles. The van der Waals surface area contributed by atoms with Gasteiger partial charge in [0.25, 0.3) is 0 Å². The number of rotatable bonds is 3. The van der Waals surface area contributed by atoms with Crippen molar-refractivity contribution in [1.82, 2.24) is 4.98 Å². The molecule has 1 unspecified atom stereocenters. The lowest BCUT2D eigenvalue weighted by Gasteiger charge is -2.16. The Morgan fingerprint density at radius 2 is 2.06 bits per heavy atom. The first-order valence-electron chi connectivity index (χ1n) is 5.52. The lowest BCUT2D eigenvalue weighted by molar-refractivity contribution is 0.903. The fourth-order valence-electron chi connectivity index (χ4n) is 1.67. The zero-order valence-corrected chi connectivity index (χ0v) is 11.7. The van der Waals surface area contributed by atoms with Gasteiger partial charge >= 0.3 is 0 Å². The standard InChI is InChI=1S/C13H15ClN2S/c1-8-6-7-15-13(14)12(8)16-10(3)11-5-4-9(2)17-11/h4-7,10,16H,1-3H3. The van der Waals surface area contributed by atoms with Crippen LogP contribution in [0.15, 0.2) is 24.4 Å². The van der Waals surface area contributed by atoms with Gasteiger partial charge in [0.05, 0.1) is 11.7 Å². The summed E-state index contributed by atoms with van der Waals surface area (Å²) in [6.45, 7) is 6.28. The van der Waals surface area contributed by atoms with Crippen molar-refractivity contribution in [3.63, 3.8) is 0 Å². The Morgan fingerprint density at radius 1 is 1.29 bits per heavy atom. The van der Waals surface area contributed by atoms with Crippen LogP contribution >= 0.6 is 22.9 Å². The van der Waals surface area contributed by atoms with Crippen LogP contribution in [0.3, 0.4) is 0 Å². The first-order chi connectivity index (χ1) is 8.08. The van der Waals surface area contributed by atoms with Crippen molar-refractivity contribution < 1.29 is 0 Å². The monoisotopic (exact) mass is 266 g/mol. The van der Waals surface area contributed by atoms with E-state index in [1.54, 1.807) is 17.5 Å². The Morgan fingerprint density at radius 3 is 2.65 bits per heavy atom. The van der Waals surface area contributed by atoms with E-state index in [2.05, 4.69) is 36.3 Å². The van der Waals surface area contributed by atoms with Crippen molar-refractivity contribution in [3.05, 3.63) is 44.9 Å². The molecule has 0 saturated heterocycles. The highest BCUT2D eigenvalue weighted by Gasteiger charge is 2.11. The van der Waals surface area contributed by atoms with Gasteiger partial charge in [0.2, 0.25) is 0 Å². The molecule has 0 amide bonds. The van der Waals surface area contributed by atoms with E-state index in [9.17, 15) is 0 Å². The van der Waals surface area contributed by atoms with Crippen LogP contribution in [0.1, 0.15) is 28.3 Å². The van der Waals surface area contributed by atoms with Crippen LogP contribution in [0.25, 0.3) is 0 Å². The molecule has 17 heavy (non-hydrogen) atoms. The van der Waals surface area contributed by atoms with Gasteiger partial charge in [-0.1, -0.05) is 11.6 Å². The van der Waals surface area contributed by atoms with Crippen LogP contribution in [0, 0.1) is 13.8 Å². The smallest absolute Gasteiger partial charge is 0.152 e. The highest BCUT2D eigenvalue weighted by Crippen LogP contribution is 2.30. The molecule has 0 aliphatic carbocycles. The van der Waals surface area contributed by atoms with Gasteiger partial charge in [-0.15, -0.1) is 11.3 Å². The second-order valence-corrected chi connectivity index (χ2v) is 5.79. The van der Waals surface area contributed by atoms with E-state index in [4.69, 9.17) is 11.6 Å². The minimum absolute atomic E-state index is 0.245. The molecular weight excluding hydrogens is 252 g/mol. The summed E-state index contributed by atoms with van der Waals surface area (Å²) < 4.78 is 0. The largest absolute Gasteiger partial charge is 0.375 e. The second kappa shape index (κ2) is 5.07. The molecule has 2 rings (SSSR count). The van der Waals surface area contributed by atoms with Crippen molar-refractivity contribution >= 4 is 28.6 Å². The van der Waals surface area contributed by atoms with E-state index in [0.717, 1.165) is 11.3 Å². The predicted molar refractivity (Wildman–Crippen MR) is 75.1 cm³/mol. The van der Waals surface area contributed by atoms with Crippen LogP contribution in [-0.4, -0.2) is 4.98 Å². The highest BCUT2D eigenvalue weighted by atomic mass is 35.5. The molecule has 0 aliphatic heterocycles. The van der Waals surface area contributed by atoms with Crippen LogP contribution in [0.2, 0.25) is 5.15 Å².